The number of aryl methyl sites for hydroxylation is 1. The number of benzene rings is 1. The maximum atomic E-state index is 13.3. The Labute approximate surface area is 241 Å². The van der Waals surface area contributed by atoms with Gasteiger partial charge in [0, 0.05) is 17.5 Å². The van der Waals surface area contributed by atoms with Crippen LogP contribution in [0.15, 0.2) is 28.3 Å². The van der Waals surface area contributed by atoms with Crippen molar-refractivity contribution in [1.82, 2.24) is 0 Å². The van der Waals surface area contributed by atoms with E-state index in [0.717, 1.165) is 61.6 Å². The highest BCUT2D eigenvalue weighted by molar-refractivity contribution is 6.69. The van der Waals surface area contributed by atoms with Crippen molar-refractivity contribution in [1.29, 1.82) is 0 Å². The molecule has 1 heterocycles. The molecule has 224 valence electrons. The van der Waals surface area contributed by atoms with E-state index in [9.17, 15) is 14.8 Å². The minimum atomic E-state index is -1.05. The second kappa shape index (κ2) is 17.9. The highest BCUT2D eigenvalue weighted by Gasteiger charge is 2.40. The minimum Gasteiger partial charge on any atom is -0.463 e. The van der Waals surface area contributed by atoms with Crippen LogP contribution in [-0.2, 0) is 24.5 Å². The molecule has 40 heavy (non-hydrogen) atoms. The number of hydrogen-bond donors (Lipinski definition) is 1. The number of nitrogens with zero attached hydrogens (tertiary/aromatic N) is 2. The molecule has 0 fully saturated rings. The molecule has 0 saturated carbocycles. The number of rotatable bonds is 19. The SMILES string of the molecule is CCCCCCCCCCOC(=O)C(CCC)OC(=O)/C(=N/O)C1=NCC(CCC)(CCC)c2c(C)cccc21. The summed E-state index contributed by atoms with van der Waals surface area (Å²) < 4.78 is 11.1. The van der Waals surface area contributed by atoms with Gasteiger partial charge in [0.25, 0.3) is 0 Å². The lowest BCUT2D eigenvalue weighted by atomic mass is 9.68. The molecule has 7 nitrogen and oxygen atoms in total. The van der Waals surface area contributed by atoms with Crippen LogP contribution in [-0.4, -0.2) is 47.8 Å². The van der Waals surface area contributed by atoms with Gasteiger partial charge in [-0.2, -0.15) is 0 Å². The van der Waals surface area contributed by atoms with Crippen LogP contribution in [0.2, 0.25) is 0 Å². The zero-order valence-electron chi connectivity index (χ0n) is 25.6. The molecule has 0 aromatic heterocycles. The van der Waals surface area contributed by atoms with Gasteiger partial charge in [-0.05, 0) is 43.7 Å². The average molecular weight is 557 g/mol. The van der Waals surface area contributed by atoms with Gasteiger partial charge in [-0.3, -0.25) is 4.99 Å². The first-order valence-electron chi connectivity index (χ1n) is 15.6. The second-order valence-electron chi connectivity index (χ2n) is 11.2. The van der Waals surface area contributed by atoms with E-state index in [4.69, 9.17) is 14.5 Å². The summed E-state index contributed by atoms with van der Waals surface area (Å²) in [7, 11) is 0. The fraction of sp³-hybridized carbons (Fsp3) is 0.697. The Bertz CT molecular complexity index is 995. The van der Waals surface area contributed by atoms with Crippen molar-refractivity contribution >= 4 is 23.4 Å². The van der Waals surface area contributed by atoms with Crippen LogP contribution in [0.25, 0.3) is 0 Å². The van der Waals surface area contributed by atoms with Crippen molar-refractivity contribution in [2.75, 3.05) is 13.2 Å². The summed E-state index contributed by atoms with van der Waals surface area (Å²) in [5, 5.41) is 13.3. The first kappa shape index (κ1) is 33.5. The number of fused-ring (bicyclic) bond motifs is 1. The molecule has 0 aliphatic carbocycles. The molecule has 0 bridgehead atoms. The summed E-state index contributed by atoms with van der Waals surface area (Å²) in [6.45, 7) is 11.4. The number of ether oxygens (including phenoxy) is 2. The van der Waals surface area contributed by atoms with E-state index >= 15 is 0 Å². The van der Waals surface area contributed by atoms with E-state index in [1.165, 1.54) is 32.1 Å². The van der Waals surface area contributed by atoms with Crippen molar-refractivity contribution in [2.45, 2.75) is 136 Å². The molecule has 0 radical (unpaired) electrons. The zero-order valence-corrected chi connectivity index (χ0v) is 25.6. The van der Waals surface area contributed by atoms with Gasteiger partial charge in [0.15, 0.2) is 6.10 Å². The van der Waals surface area contributed by atoms with Crippen LogP contribution in [0, 0.1) is 6.92 Å². The Balaban J connectivity index is 2.09. The summed E-state index contributed by atoms with van der Waals surface area (Å²) in [4.78, 5) is 30.9. The highest BCUT2D eigenvalue weighted by atomic mass is 16.6. The van der Waals surface area contributed by atoms with Gasteiger partial charge in [-0.15, -0.1) is 0 Å². The van der Waals surface area contributed by atoms with Crippen LogP contribution in [0.4, 0.5) is 0 Å². The summed E-state index contributed by atoms with van der Waals surface area (Å²) in [5.41, 5.74) is 3.00. The van der Waals surface area contributed by atoms with E-state index in [1.807, 2.05) is 19.1 Å². The monoisotopic (exact) mass is 556 g/mol. The number of oxime groups is 1. The smallest absolute Gasteiger partial charge is 0.363 e. The zero-order chi connectivity index (χ0) is 29.4. The summed E-state index contributed by atoms with van der Waals surface area (Å²) in [6, 6.07) is 5.94. The van der Waals surface area contributed by atoms with Crippen molar-refractivity contribution in [3.8, 4) is 0 Å². The lowest BCUT2D eigenvalue weighted by Gasteiger charge is -2.39. The van der Waals surface area contributed by atoms with Crippen LogP contribution < -0.4 is 0 Å². The van der Waals surface area contributed by atoms with Crippen LogP contribution in [0.5, 0.6) is 0 Å². The van der Waals surface area contributed by atoms with Crippen molar-refractivity contribution < 1.29 is 24.3 Å². The maximum Gasteiger partial charge on any atom is 0.363 e. The molecular formula is C33H52N2O5. The predicted molar refractivity (Wildman–Crippen MR) is 162 cm³/mol. The molecule has 2 rings (SSSR count). The van der Waals surface area contributed by atoms with E-state index in [-0.39, 0.29) is 11.1 Å². The van der Waals surface area contributed by atoms with E-state index in [0.29, 0.717) is 31.7 Å². The summed E-state index contributed by atoms with van der Waals surface area (Å²) in [6.07, 6.45) is 13.1. The van der Waals surface area contributed by atoms with Gasteiger partial charge >= 0.3 is 11.9 Å². The Hall–Kier alpha value is -2.70. The van der Waals surface area contributed by atoms with E-state index in [2.05, 4.69) is 38.9 Å². The Morgan fingerprint density at radius 3 is 2.20 bits per heavy atom. The average Bonchev–Trinajstić information content (AvgIpc) is 2.93. The molecule has 1 unspecified atom stereocenters. The molecule has 1 aromatic carbocycles. The molecular weight excluding hydrogens is 504 g/mol. The van der Waals surface area contributed by atoms with Gasteiger partial charge in [-0.25, -0.2) is 9.59 Å². The number of esters is 2. The predicted octanol–water partition coefficient (Wildman–Crippen LogP) is 7.86. The fourth-order valence-corrected chi connectivity index (χ4v) is 6.01. The van der Waals surface area contributed by atoms with E-state index < -0.39 is 18.0 Å². The number of unbranched alkanes of at least 4 members (excludes halogenated alkanes) is 7. The molecule has 1 aliphatic heterocycles. The molecule has 1 atom stereocenters. The Morgan fingerprint density at radius 2 is 1.60 bits per heavy atom. The minimum absolute atomic E-state index is 0.123. The van der Waals surface area contributed by atoms with Crippen molar-refractivity contribution in [3.63, 3.8) is 0 Å². The lowest BCUT2D eigenvalue weighted by Crippen LogP contribution is -2.41. The van der Waals surface area contributed by atoms with Crippen LogP contribution in [0.1, 0.15) is 134 Å². The molecule has 0 amide bonds. The fourth-order valence-electron chi connectivity index (χ4n) is 6.01. The molecule has 0 spiro atoms. The van der Waals surface area contributed by atoms with Gasteiger partial charge in [0.2, 0.25) is 5.71 Å². The molecule has 7 heteroatoms. The summed E-state index contributed by atoms with van der Waals surface area (Å²) >= 11 is 0. The highest BCUT2D eigenvalue weighted by Crippen LogP contribution is 2.41. The first-order chi connectivity index (χ1) is 19.4. The van der Waals surface area contributed by atoms with Gasteiger partial charge in [-0.1, -0.05) is 115 Å². The van der Waals surface area contributed by atoms with Crippen LogP contribution >= 0.6 is 0 Å². The summed E-state index contributed by atoms with van der Waals surface area (Å²) in [5.74, 6) is -1.42. The number of hydrogen-bond acceptors (Lipinski definition) is 7. The van der Waals surface area contributed by atoms with Crippen molar-refractivity contribution in [2.24, 2.45) is 10.1 Å². The number of carbonyl (C=O) groups excluding carboxylic acids is 2. The van der Waals surface area contributed by atoms with E-state index in [1.54, 1.807) is 0 Å². The normalized spacial score (nSPS) is 15.2. The third-order valence-electron chi connectivity index (χ3n) is 7.88. The third kappa shape index (κ3) is 9.17. The third-order valence-corrected chi connectivity index (χ3v) is 7.88. The van der Waals surface area contributed by atoms with Crippen LogP contribution in [0.3, 0.4) is 0 Å². The first-order valence-corrected chi connectivity index (χ1v) is 15.6. The number of aliphatic imine (C=N–C) groups is 1. The molecule has 1 aromatic rings. The maximum absolute atomic E-state index is 13.3. The molecule has 1 aliphatic rings. The lowest BCUT2D eigenvalue weighted by molar-refractivity contribution is -0.164. The molecule has 0 saturated heterocycles. The standard InChI is InChI=1S/C33H52N2O5/c1-6-10-11-12-13-14-15-16-23-39-31(36)27(18-7-2)40-32(37)30(35-38)29-26-20-17-19-25(5)28(26)33(21-8-3,22-9-4)24-34-29/h17,19-20,27,38H,6-16,18,21-24H2,1-5H3/b35-30+. The number of carbonyl (C=O) groups is 2. The molecule has 1 N–H and O–H groups in total. The largest absolute Gasteiger partial charge is 0.463 e. The second-order valence-corrected chi connectivity index (χ2v) is 11.2. The van der Waals surface area contributed by atoms with Gasteiger partial charge < -0.3 is 14.7 Å². The topological polar surface area (TPSA) is 97.6 Å². The quantitative estimate of drug-likeness (QED) is 0.0615. The Kier molecular flexibility index (Phi) is 15.0. The Morgan fingerprint density at radius 1 is 0.950 bits per heavy atom. The van der Waals surface area contributed by atoms with Crippen molar-refractivity contribution in [3.05, 3.63) is 34.9 Å². The van der Waals surface area contributed by atoms with Gasteiger partial charge in [0.1, 0.15) is 5.71 Å². The van der Waals surface area contributed by atoms with Gasteiger partial charge in [0.05, 0.1) is 6.61 Å².